The van der Waals surface area contributed by atoms with E-state index in [4.69, 9.17) is 4.98 Å². The van der Waals surface area contributed by atoms with Crippen LogP contribution in [-0.2, 0) is 0 Å². The molecule has 2 heterocycles. The van der Waals surface area contributed by atoms with E-state index in [0.29, 0.717) is 0 Å². The van der Waals surface area contributed by atoms with Crippen molar-refractivity contribution in [1.29, 1.82) is 0 Å². The first-order valence-corrected chi connectivity index (χ1v) is 14.3. The molecule has 0 aliphatic carbocycles. The molecule has 0 saturated heterocycles. The molecule has 0 atom stereocenters. The standard InChI is InChI=1S/C29H30N2Si/c1-29(2,3)31(27-19-18-22(20-30-27)21-12-7-6-8-13-21)24-15-11-17-26-28(24)23-14-9-10-16-25(23)32(26,4)5/h6-20H,1-5H3. The van der Waals surface area contributed by atoms with Gasteiger partial charge in [-0.15, -0.1) is 0 Å². The van der Waals surface area contributed by atoms with Crippen molar-refractivity contribution in [3.05, 3.63) is 91.1 Å². The maximum atomic E-state index is 4.95. The van der Waals surface area contributed by atoms with E-state index in [1.54, 1.807) is 0 Å². The second-order valence-corrected chi connectivity index (χ2v) is 14.5. The number of hydrogen-bond donors (Lipinski definition) is 0. The lowest BCUT2D eigenvalue weighted by Crippen LogP contribution is -2.49. The van der Waals surface area contributed by atoms with Gasteiger partial charge in [-0.2, -0.15) is 0 Å². The Labute approximate surface area is 192 Å². The molecule has 5 rings (SSSR count). The Kier molecular flexibility index (Phi) is 4.83. The van der Waals surface area contributed by atoms with E-state index >= 15 is 0 Å². The first-order chi connectivity index (χ1) is 15.3. The van der Waals surface area contributed by atoms with Crippen molar-refractivity contribution >= 4 is 30.0 Å². The monoisotopic (exact) mass is 434 g/mol. The van der Waals surface area contributed by atoms with Crippen LogP contribution in [0.2, 0.25) is 13.1 Å². The van der Waals surface area contributed by atoms with Crippen LogP contribution in [-0.4, -0.2) is 18.6 Å². The van der Waals surface area contributed by atoms with Gasteiger partial charge in [0.05, 0.1) is 5.69 Å². The summed E-state index contributed by atoms with van der Waals surface area (Å²) in [6.45, 7) is 11.7. The third kappa shape index (κ3) is 3.28. The van der Waals surface area contributed by atoms with Gasteiger partial charge in [0.2, 0.25) is 0 Å². The van der Waals surface area contributed by atoms with Crippen LogP contribution in [0.25, 0.3) is 22.3 Å². The van der Waals surface area contributed by atoms with Crippen molar-refractivity contribution in [2.24, 2.45) is 0 Å². The summed E-state index contributed by atoms with van der Waals surface area (Å²) in [6.07, 6.45) is 2.00. The smallest absolute Gasteiger partial charge is 0.133 e. The van der Waals surface area contributed by atoms with Crippen LogP contribution in [0.15, 0.2) is 91.1 Å². The molecule has 0 bridgehead atoms. The second-order valence-electron chi connectivity index (χ2n) is 10.1. The summed E-state index contributed by atoms with van der Waals surface area (Å²) < 4.78 is 0. The Bertz CT molecular complexity index is 1270. The molecule has 3 aromatic carbocycles. The number of hydrogen-bond acceptors (Lipinski definition) is 2. The Hall–Kier alpha value is -3.17. The number of benzene rings is 3. The predicted octanol–water partition coefficient (Wildman–Crippen LogP) is 6.49. The fourth-order valence-corrected chi connectivity index (χ4v) is 8.16. The van der Waals surface area contributed by atoms with E-state index in [9.17, 15) is 0 Å². The molecule has 160 valence electrons. The van der Waals surface area contributed by atoms with Crippen LogP contribution in [0, 0.1) is 0 Å². The molecule has 0 unspecified atom stereocenters. The van der Waals surface area contributed by atoms with Gasteiger partial charge in [-0.3, -0.25) is 0 Å². The van der Waals surface area contributed by atoms with E-state index in [1.807, 2.05) is 12.3 Å². The lowest BCUT2D eigenvalue weighted by atomic mass is 9.98. The highest BCUT2D eigenvalue weighted by atomic mass is 28.3. The summed E-state index contributed by atoms with van der Waals surface area (Å²) in [5, 5.41) is 3.05. The summed E-state index contributed by atoms with van der Waals surface area (Å²) in [5.41, 5.74) is 6.24. The van der Waals surface area contributed by atoms with E-state index < -0.39 is 8.07 Å². The van der Waals surface area contributed by atoms with Gasteiger partial charge in [0.25, 0.3) is 0 Å². The van der Waals surface area contributed by atoms with E-state index in [2.05, 4.69) is 118 Å². The van der Waals surface area contributed by atoms with Crippen molar-refractivity contribution in [3.63, 3.8) is 0 Å². The van der Waals surface area contributed by atoms with Crippen LogP contribution in [0.3, 0.4) is 0 Å². The molecule has 32 heavy (non-hydrogen) atoms. The molecule has 1 aliphatic rings. The zero-order valence-corrected chi connectivity index (χ0v) is 20.6. The average Bonchev–Trinajstić information content (AvgIpc) is 3.02. The summed E-state index contributed by atoms with van der Waals surface area (Å²) in [4.78, 5) is 7.36. The minimum Gasteiger partial charge on any atom is -0.320 e. The third-order valence-electron chi connectivity index (χ3n) is 6.58. The van der Waals surface area contributed by atoms with Crippen molar-refractivity contribution in [3.8, 4) is 22.3 Å². The average molecular weight is 435 g/mol. The number of fused-ring (bicyclic) bond motifs is 3. The highest BCUT2D eigenvalue weighted by Gasteiger charge is 2.40. The van der Waals surface area contributed by atoms with E-state index in [0.717, 1.165) is 11.4 Å². The Morgan fingerprint density at radius 3 is 2.06 bits per heavy atom. The van der Waals surface area contributed by atoms with Gasteiger partial charge in [0.1, 0.15) is 13.9 Å². The highest BCUT2D eigenvalue weighted by molar-refractivity contribution is 7.04. The van der Waals surface area contributed by atoms with E-state index in [1.165, 1.54) is 32.8 Å². The largest absolute Gasteiger partial charge is 0.320 e. The molecule has 0 spiro atoms. The minimum absolute atomic E-state index is 0.125. The van der Waals surface area contributed by atoms with Crippen molar-refractivity contribution in [1.82, 2.24) is 4.98 Å². The van der Waals surface area contributed by atoms with Gasteiger partial charge in [-0.05, 0) is 60.5 Å². The summed E-state index contributed by atoms with van der Waals surface area (Å²) in [5.74, 6) is 0.981. The van der Waals surface area contributed by atoms with Gasteiger partial charge in [-0.1, -0.05) is 79.8 Å². The second kappa shape index (κ2) is 7.46. The molecule has 1 aliphatic heterocycles. The molecule has 0 saturated carbocycles. The Morgan fingerprint density at radius 2 is 1.38 bits per heavy atom. The first kappa shape index (κ1) is 20.7. The number of rotatable bonds is 3. The van der Waals surface area contributed by atoms with E-state index in [-0.39, 0.29) is 5.54 Å². The maximum absolute atomic E-state index is 4.95. The van der Waals surface area contributed by atoms with Crippen LogP contribution in [0.1, 0.15) is 20.8 Å². The third-order valence-corrected chi connectivity index (χ3v) is 10.1. The normalized spacial score (nSPS) is 14.0. The summed E-state index contributed by atoms with van der Waals surface area (Å²) >= 11 is 0. The first-order valence-electron chi connectivity index (χ1n) is 11.3. The predicted molar refractivity (Wildman–Crippen MR) is 140 cm³/mol. The van der Waals surface area contributed by atoms with Gasteiger partial charge < -0.3 is 4.90 Å². The fourth-order valence-electron chi connectivity index (χ4n) is 5.07. The van der Waals surface area contributed by atoms with Crippen molar-refractivity contribution in [2.45, 2.75) is 39.4 Å². The van der Waals surface area contributed by atoms with Gasteiger partial charge in [0, 0.05) is 22.9 Å². The lowest BCUT2D eigenvalue weighted by molar-refractivity contribution is 0.556. The molecule has 0 amide bonds. The Morgan fingerprint density at radius 1 is 0.688 bits per heavy atom. The summed E-state index contributed by atoms with van der Waals surface area (Å²) in [6, 6.07) is 30.6. The van der Waals surface area contributed by atoms with Gasteiger partial charge in [0.15, 0.2) is 0 Å². The molecule has 4 aromatic rings. The quantitative estimate of drug-likeness (QED) is 0.343. The Balaban J connectivity index is 1.67. The SMILES string of the molecule is CC(C)(C)N(c1ccc(-c2ccccc2)cn1)c1cccc2c1-c1ccccc1[Si]2(C)C. The molecule has 0 N–H and O–H groups in total. The molecule has 0 radical (unpaired) electrons. The molecule has 0 fully saturated rings. The maximum Gasteiger partial charge on any atom is 0.133 e. The lowest BCUT2D eigenvalue weighted by Gasteiger charge is -2.38. The molecule has 1 aromatic heterocycles. The van der Waals surface area contributed by atoms with Crippen LogP contribution in [0.4, 0.5) is 11.5 Å². The van der Waals surface area contributed by atoms with Gasteiger partial charge >= 0.3 is 0 Å². The topological polar surface area (TPSA) is 16.1 Å². The summed E-state index contributed by atoms with van der Waals surface area (Å²) in [7, 11) is -1.72. The number of nitrogens with zero attached hydrogens (tertiary/aromatic N) is 2. The highest BCUT2D eigenvalue weighted by Crippen LogP contribution is 2.41. The zero-order valence-electron chi connectivity index (χ0n) is 19.6. The van der Waals surface area contributed by atoms with Crippen molar-refractivity contribution < 1.29 is 0 Å². The van der Waals surface area contributed by atoms with Crippen molar-refractivity contribution in [2.75, 3.05) is 4.90 Å². The minimum atomic E-state index is -1.72. The molecule has 2 nitrogen and oxygen atoms in total. The number of pyridine rings is 1. The van der Waals surface area contributed by atoms with Crippen LogP contribution < -0.4 is 15.3 Å². The molecular formula is C29H30N2Si. The molecular weight excluding hydrogens is 404 g/mol. The van der Waals surface area contributed by atoms with Crippen LogP contribution >= 0.6 is 0 Å². The number of anilines is 2. The fraction of sp³-hybridized carbons (Fsp3) is 0.207. The zero-order chi connectivity index (χ0) is 22.5. The van der Waals surface area contributed by atoms with Crippen LogP contribution in [0.5, 0.6) is 0 Å². The number of aromatic nitrogens is 1. The molecule has 3 heteroatoms. The van der Waals surface area contributed by atoms with Gasteiger partial charge in [-0.25, -0.2) is 4.98 Å².